The fourth-order valence-electron chi connectivity index (χ4n) is 0.791. The lowest BCUT2D eigenvalue weighted by molar-refractivity contribution is -0.140. The first-order valence-electron chi connectivity index (χ1n) is 4.55. The Morgan fingerprint density at radius 3 is 2.27 bits per heavy atom. The fraction of sp³-hybridized carbons (Fsp3) is 0.667. The fourth-order valence-corrected chi connectivity index (χ4v) is 2.10. The Morgan fingerprint density at radius 2 is 1.87 bits per heavy atom. The number of esters is 1. The third-order valence-corrected chi connectivity index (χ3v) is 3.03. The number of hydrogen-bond acceptors (Lipinski definition) is 5. The summed E-state index contributed by atoms with van der Waals surface area (Å²) in [6.45, 7) is 3.80. The summed E-state index contributed by atoms with van der Waals surface area (Å²) in [5.41, 5.74) is 0. The molecule has 15 heavy (non-hydrogen) atoms. The van der Waals surface area contributed by atoms with E-state index in [2.05, 4.69) is 10.7 Å². The highest BCUT2D eigenvalue weighted by molar-refractivity contribution is 7.53. The first kappa shape index (κ1) is 14.2. The molecule has 0 aliphatic carbocycles. The summed E-state index contributed by atoms with van der Waals surface area (Å²) in [5, 5.41) is 0. The minimum absolute atomic E-state index is 0.155. The zero-order valence-electron chi connectivity index (χ0n) is 8.89. The molecule has 0 radical (unpaired) electrons. The van der Waals surface area contributed by atoms with Crippen LogP contribution in [0.2, 0.25) is 0 Å². The van der Waals surface area contributed by atoms with Crippen LogP contribution in [-0.4, -0.2) is 25.5 Å². The van der Waals surface area contributed by atoms with Crippen molar-refractivity contribution in [2.24, 2.45) is 0 Å². The maximum atomic E-state index is 11.7. The van der Waals surface area contributed by atoms with Crippen molar-refractivity contribution in [2.75, 3.05) is 19.6 Å². The molecule has 0 aliphatic rings. The molecule has 0 unspecified atom stereocenters. The molecule has 0 N–H and O–H groups in total. The molecule has 0 amide bonds. The van der Waals surface area contributed by atoms with Gasteiger partial charge in [0.15, 0.2) is 6.35 Å². The van der Waals surface area contributed by atoms with Crippen molar-refractivity contribution in [2.45, 2.75) is 20.3 Å². The van der Waals surface area contributed by atoms with Gasteiger partial charge in [0.2, 0.25) is 0 Å². The average molecular weight is 234 g/mol. The SMILES string of the molecule is C#CCC(=O)OCP(=O)(OCC)OCC. The zero-order chi connectivity index (χ0) is 11.7. The minimum Gasteiger partial charge on any atom is -0.452 e. The molecule has 0 saturated heterocycles. The van der Waals surface area contributed by atoms with Gasteiger partial charge in [-0.1, -0.05) is 5.92 Å². The highest BCUT2D eigenvalue weighted by atomic mass is 31.2. The summed E-state index contributed by atoms with van der Waals surface area (Å²) in [4.78, 5) is 10.9. The third kappa shape index (κ3) is 6.29. The van der Waals surface area contributed by atoms with Gasteiger partial charge in [-0.3, -0.25) is 9.36 Å². The monoisotopic (exact) mass is 234 g/mol. The molecule has 0 bridgehead atoms. The maximum absolute atomic E-state index is 11.7. The molecule has 0 atom stereocenters. The van der Waals surface area contributed by atoms with Crippen molar-refractivity contribution in [1.29, 1.82) is 0 Å². The summed E-state index contributed by atoms with van der Waals surface area (Å²) < 4.78 is 26.2. The highest BCUT2D eigenvalue weighted by Gasteiger charge is 2.25. The van der Waals surface area contributed by atoms with Crippen molar-refractivity contribution < 1.29 is 23.1 Å². The predicted molar refractivity (Wildman–Crippen MR) is 55.3 cm³/mol. The molecule has 0 fully saturated rings. The van der Waals surface area contributed by atoms with Gasteiger partial charge in [0.25, 0.3) is 0 Å². The molecular formula is C9H15O5P. The van der Waals surface area contributed by atoms with Crippen LogP contribution in [-0.2, 0) is 23.1 Å². The summed E-state index contributed by atoms with van der Waals surface area (Å²) in [6, 6.07) is 0. The molecule has 0 aromatic carbocycles. The number of hydrogen-bond donors (Lipinski definition) is 0. The Hall–Kier alpha value is -0.820. The second-order valence-electron chi connectivity index (χ2n) is 2.47. The van der Waals surface area contributed by atoms with E-state index < -0.39 is 19.9 Å². The average Bonchev–Trinajstić information content (AvgIpc) is 2.16. The lowest BCUT2D eigenvalue weighted by Gasteiger charge is -2.16. The van der Waals surface area contributed by atoms with Crippen LogP contribution in [0.4, 0.5) is 0 Å². The van der Waals surface area contributed by atoms with Crippen LogP contribution < -0.4 is 0 Å². The Balaban J connectivity index is 4.13. The van der Waals surface area contributed by atoms with E-state index in [4.69, 9.17) is 15.5 Å². The van der Waals surface area contributed by atoms with Crippen LogP contribution >= 0.6 is 7.60 Å². The van der Waals surface area contributed by atoms with E-state index in [1.54, 1.807) is 13.8 Å². The highest BCUT2D eigenvalue weighted by Crippen LogP contribution is 2.47. The molecule has 6 heteroatoms. The molecule has 0 aromatic heterocycles. The maximum Gasteiger partial charge on any atom is 0.367 e. The van der Waals surface area contributed by atoms with E-state index in [9.17, 15) is 9.36 Å². The molecular weight excluding hydrogens is 219 g/mol. The molecule has 86 valence electrons. The molecule has 0 saturated carbocycles. The first-order valence-corrected chi connectivity index (χ1v) is 6.28. The van der Waals surface area contributed by atoms with E-state index in [1.165, 1.54) is 0 Å². The molecule has 0 spiro atoms. The van der Waals surface area contributed by atoms with E-state index in [1.807, 2.05) is 0 Å². The van der Waals surface area contributed by atoms with E-state index in [-0.39, 0.29) is 19.6 Å². The molecule has 0 rings (SSSR count). The number of rotatable bonds is 7. The molecule has 0 aliphatic heterocycles. The number of carbonyl (C=O) groups is 1. The Bertz CT molecular complexity index is 271. The Morgan fingerprint density at radius 1 is 1.33 bits per heavy atom. The quantitative estimate of drug-likeness (QED) is 0.381. The molecule has 5 nitrogen and oxygen atoms in total. The Labute approximate surface area is 89.6 Å². The van der Waals surface area contributed by atoms with Gasteiger partial charge in [0, 0.05) is 0 Å². The predicted octanol–water partition coefficient (Wildman–Crippen LogP) is 1.78. The van der Waals surface area contributed by atoms with E-state index in [0.717, 1.165) is 0 Å². The van der Waals surface area contributed by atoms with Gasteiger partial charge < -0.3 is 13.8 Å². The summed E-state index contributed by atoms with van der Waals surface area (Å²) in [7, 11) is -3.31. The van der Waals surface area contributed by atoms with Crippen LogP contribution in [0.25, 0.3) is 0 Å². The van der Waals surface area contributed by atoms with Gasteiger partial charge in [-0.15, -0.1) is 6.42 Å². The first-order chi connectivity index (χ1) is 7.08. The number of ether oxygens (including phenoxy) is 1. The lowest BCUT2D eigenvalue weighted by atomic mass is 10.5. The second kappa shape index (κ2) is 7.47. The van der Waals surface area contributed by atoms with Crippen molar-refractivity contribution >= 4 is 13.6 Å². The second-order valence-corrected chi connectivity index (χ2v) is 4.47. The van der Waals surface area contributed by atoms with Crippen molar-refractivity contribution in [1.82, 2.24) is 0 Å². The standard InChI is InChI=1S/C9H15O5P/c1-4-7-9(10)12-8-15(11,13-5-2)14-6-3/h1H,5-8H2,2-3H3. The number of terminal acetylenes is 1. The van der Waals surface area contributed by atoms with Crippen LogP contribution in [0.1, 0.15) is 20.3 Å². The van der Waals surface area contributed by atoms with Crippen molar-refractivity contribution in [3.05, 3.63) is 0 Å². The minimum atomic E-state index is -3.31. The molecule has 0 aromatic rings. The smallest absolute Gasteiger partial charge is 0.367 e. The van der Waals surface area contributed by atoms with E-state index in [0.29, 0.717) is 0 Å². The van der Waals surface area contributed by atoms with Crippen LogP contribution in [0, 0.1) is 12.3 Å². The summed E-state index contributed by atoms with van der Waals surface area (Å²) in [5.74, 6) is 1.51. The number of carbonyl (C=O) groups excluding carboxylic acids is 1. The van der Waals surface area contributed by atoms with Crippen LogP contribution in [0.5, 0.6) is 0 Å². The molecule has 0 heterocycles. The third-order valence-electron chi connectivity index (χ3n) is 1.28. The summed E-state index contributed by atoms with van der Waals surface area (Å²) in [6.07, 6.45) is 4.36. The van der Waals surface area contributed by atoms with Crippen molar-refractivity contribution in [3.8, 4) is 12.3 Å². The largest absolute Gasteiger partial charge is 0.452 e. The summed E-state index contributed by atoms with van der Waals surface area (Å²) >= 11 is 0. The topological polar surface area (TPSA) is 61.8 Å². The van der Waals surface area contributed by atoms with Crippen LogP contribution in [0.3, 0.4) is 0 Å². The zero-order valence-corrected chi connectivity index (χ0v) is 9.79. The van der Waals surface area contributed by atoms with Gasteiger partial charge in [0.05, 0.1) is 13.2 Å². The lowest BCUT2D eigenvalue weighted by Crippen LogP contribution is -2.08. The van der Waals surface area contributed by atoms with Gasteiger partial charge in [0.1, 0.15) is 6.42 Å². The van der Waals surface area contributed by atoms with E-state index >= 15 is 0 Å². The van der Waals surface area contributed by atoms with Gasteiger partial charge in [-0.05, 0) is 13.8 Å². The normalized spacial score (nSPS) is 10.7. The van der Waals surface area contributed by atoms with Gasteiger partial charge in [-0.2, -0.15) is 0 Å². The van der Waals surface area contributed by atoms with Gasteiger partial charge >= 0.3 is 13.6 Å². The Kier molecular flexibility index (Phi) is 7.06. The van der Waals surface area contributed by atoms with Crippen LogP contribution in [0.15, 0.2) is 0 Å². The van der Waals surface area contributed by atoms with Crippen molar-refractivity contribution in [3.63, 3.8) is 0 Å². The van der Waals surface area contributed by atoms with Gasteiger partial charge in [-0.25, -0.2) is 0 Å².